The van der Waals surface area contributed by atoms with Gasteiger partial charge in [0.25, 0.3) is 0 Å². The lowest BCUT2D eigenvalue weighted by Gasteiger charge is -2.35. The lowest BCUT2D eigenvalue weighted by atomic mass is 10.0. The van der Waals surface area contributed by atoms with Crippen molar-refractivity contribution in [1.82, 2.24) is 15.2 Å². The number of benzene rings is 1. The number of morpholine rings is 1. The number of aromatic amines is 1. The van der Waals surface area contributed by atoms with Gasteiger partial charge in [-0.05, 0) is 19.1 Å². The number of anilines is 1. The number of H-pyrrole nitrogens is 1. The molecule has 1 aliphatic rings. The summed E-state index contributed by atoms with van der Waals surface area (Å²) in [6.45, 7) is 4.01. The molecule has 9 nitrogen and oxygen atoms in total. The summed E-state index contributed by atoms with van der Waals surface area (Å²) in [5.41, 5.74) is 9.35. The molecule has 0 bridgehead atoms. The fourth-order valence-electron chi connectivity index (χ4n) is 3.68. The van der Waals surface area contributed by atoms with Crippen molar-refractivity contribution in [2.75, 3.05) is 37.7 Å². The highest BCUT2D eigenvalue weighted by molar-refractivity contribution is 6.09. The topological polar surface area (TPSA) is 130 Å². The molecule has 3 heterocycles. The van der Waals surface area contributed by atoms with E-state index in [4.69, 9.17) is 15.2 Å². The zero-order valence-electron chi connectivity index (χ0n) is 16.6. The Labute approximate surface area is 173 Å². The maximum atomic E-state index is 12.8. The number of carbonyl (C=O) groups excluding carboxylic acids is 1. The Morgan fingerprint density at radius 2 is 2.37 bits per heavy atom. The fourth-order valence-corrected chi connectivity index (χ4v) is 3.68. The first-order valence-electron chi connectivity index (χ1n) is 9.77. The molecular formula is C21H22N6O3. The zero-order valence-corrected chi connectivity index (χ0v) is 16.6. The zero-order chi connectivity index (χ0) is 21.1. The van der Waals surface area contributed by atoms with Gasteiger partial charge < -0.3 is 20.1 Å². The van der Waals surface area contributed by atoms with Crippen LogP contribution in [-0.2, 0) is 9.47 Å². The first kappa shape index (κ1) is 19.8. The number of nitrogens with one attached hydrogen (secondary N) is 1. The number of carbonyl (C=O) groups is 1. The fraction of sp³-hybridized carbons (Fsp3) is 0.333. The van der Waals surface area contributed by atoms with Gasteiger partial charge in [-0.15, -0.1) is 0 Å². The van der Waals surface area contributed by atoms with Crippen molar-refractivity contribution < 1.29 is 14.3 Å². The summed E-state index contributed by atoms with van der Waals surface area (Å²) < 4.78 is 11.0. The molecule has 1 saturated heterocycles. The molecule has 30 heavy (non-hydrogen) atoms. The number of rotatable bonds is 5. The molecule has 1 fully saturated rings. The van der Waals surface area contributed by atoms with Crippen molar-refractivity contribution in [3.05, 3.63) is 41.6 Å². The molecule has 4 rings (SSSR count). The van der Waals surface area contributed by atoms with E-state index in [0.29, 0.717) is 59.8 Å². The third kappa shape index (κ3) is 3.58. The maximum absolute atomic E-state index is 12.8. The second-order valence-electron chi connectivity index (χ2n) is 6.91. The van der Waals surface area contributed by atoms with Crippen LogP contribution < -0.4 is 10.6 Å². The smallest absolute Gasteiger partial charge is 0.341 e. The van der Waals surface area contributed by atoms with Crippen LogP contribution in [-0.4, -0.2) is 60.1 Å². The highest BCUT2D eigenvalue weighted by Crippen LogP contribution is 2.37. The summed E-state index contributed by atoms with van der Waals surface area (Å²) in [5.74, 6) is -0.449. The number of nitrogens with two attached hydrogens (primary N) is 1. The maximum Gasteiger partial charge on any atom is 0.341 e. The highest BCUT2D eigenvalue weighted by Gasteiger charge is 2.29. The van der Waals surface area contributed by atoms with Crippen LogP contribution in [0.3, 0.4) is 0 Å². The minimum atomic E-state index is -0.449. The molecule has 1 aromatic carbocycles. The van der Waals surface area contributed by atoms with Crippen LogP contribution in [0.15, 0.2) is 30.5 Å². The van der Waals surface area contributed by atoms with E-state index in [0.717, 1.165) is 5.56 Å². The molecule has 0 unspecified atom stereocenters. The van der Waals surface area contributed by atoms with E-state index in [2.05, 4.69) is 26.2 Å². The molecule has 9 heteroatoms. The third-order valence-corrected chi connectivity index (χ3v) is 5.05. The van der Waals surface area contributed by atoms with Crippen molar-refractivity contribution in [2.45, 2.75) is 13.0 Å². The van der Waals surface area contributed by atoms with Gasteiger partial charge in [0.1, 0.15) is 5.56 Å². The number of hydrogen-bond donors (Lipinski definition) is 2. The predicted octanol–water partition coefficient (Wildman–Crippen LogP) is 1.84. The van der Waals surface area contributed by atoms with Gasteiger partial charge in [-0.1, -0.05) is 12.1 Å². The number of ether oxygens (including phenoxy) is 2. The van der Waals surface area contributed by atoms with E-state index in [-0.39, 0.29) is 12.7 Å². The summed E-state index contributed by atoms with van der Waals surface area (Å²) in [5, 5.41) is 17.3. The summed E-state index contributed by atoms with van der Waals surface area (Å²) in [6, 6.07) is 9.35. The molecule has 0 spiro atoms. The van der Waals surface area contributed by atoms with Gasteiger partial charge in [-0.25, -0.2) is 9.78 Å². The molecule has 0 aliphatic carbocycles. The molecule has 0 radical (unpaired) electrons. The summed E-state index contributed by atoms with van der Waals surface area (Å²) in [6.07, 6.45) is 1.35. The number of nitrogens with zero attached hydrogens (tertiary/aromatic N) is 4. The number of aromatic nitrogens is 3. The van der Waals surface area contributed by atoms with Crippen molar-refractivity contribution in [3.8, 4) is 17.3 Å². The van der Waals surface area contributed by atoms with Crippen LogP contribution in [0.25, 0.3) is 22.3 Å². The minimum Gasteiger partial charge on any atom is -0.462 e. The summed E-state index contributed by atoms with van der Waals surface area (Å²) in [4.78, 5) is 19.2. The van der Waals surface area contributed by atoms with Gasteiger partial charge in [0.2, 0.25) is 0 Å². The molecule has 1 aliphatic heterocycles. The van der Waals surface area contributed by atoms with Crippen LogP contribution in [0.5, 0.6) is 0 Å². The monoisotopic (exact) mass is 406 g/mol. The number of nitriles is 1. The number of esters is 1. The van der Waals surface area contributed by atoms with Crippen molar-refractivity contribution in [3.63, 3.8) is 0 Å². The Morgan fingerprint density at radius 1 is 1.50 bits per heavy atom. The largest absolute Gasteiger partial charge is 0.462 e. The van der Waals surface area contributed by atoms with E-state index in [1.165, 1.54) is 6.20 Å². The lowest BCUT2D eigenvalue weighted by Crippen LogP contribution is -2.46. The second kappa shape index (κ2) is 8.49. The standard InChI is InChI=1S/C21H22N6O3/c1-2-29-21(28)16-11-24-20-17(19(16)27-6-7-30-15(10-23)12-27)18(25-26-20)14-5-3-4-13(8-14)9-22/h3-5,8,11,15H,2,6-7,10,12,23H2,1H3,(H,24,25,26)/t15-/m1/s1. The Kier molecular flexibility index (Phi) is 5.61. The summed E-state index contributed by atoms with van der Waals surface area (Å²) in [7, 11) is 0. The van der Waals surface area contributed by atoms with Crippen LogP contribution in [0, 0.1) is 11.3 Å². The molecule has 3 aromatic rings. The SMILES string of the molecule is CCOC(=O)c1cnc2n[nH]c(-c3cccc(C#N)c3)c2c1N1CCO[C@H](CN)C1. The highest BCUT2D eigenvalue weighted by atomic mass is 16.5. The van der Waals surface area contributed by atoms with Crippen LogP contribution >= 0.6 is 0 Å². The first-order chi connectivity index (χ1) is 14.7. The van der Waals surface area contributed by atoms with Gasteiger partial charge in [0.15, 0.2) is 5.65 Å². The van der Waals surface area contributed by atoms with Gasteiger partial charge in [0, 0.05) is 31.4 Å². The van der Waals surface area contributed by atoms with E-state index >= 15 is 0 Å². The lowest BCUT2D eigenvalue weighted by molar-refractivity contribution is 0.0456. The molecule has 0 saturated carbocycles. The van der Waals surface area contributed by atoms with E-state index < -0.39 is 5.97 Å². The van der Waals surface area contributed by atoms with Gasteiger partial charge in [0.05, 0.1) is 47.7 Å². The van der Waals surface area contributed by atoms with Crippen LogP contribution in [0.1, 0.15) is 22.8 Å². The van der Waals surface area contributed by atoms with Gasteiger partial charge >= 0.3 is 5.97 Å². The Hall–Kier alpha value is -3.48. The Morgan fingerprint density at radius 3 is 3.13 bits per heavy atom. The van der Waals surface area contributed by atoms with E-state index in [9.17, 15) is 10.1 Å². The number of fused-ring (bicyclic) bond motifs is 1. The molecule has 0 amide bonds. The minimum absolute atomic E-state index is 0.144. The predicted molar refractivity (Wildman–Crippen MR) is 111 cm³/mol. The number of hydrogen-bond acceptors (Lipinski definition) is 8. The van der Waals surface area contributed by atoms with E-state index in [1.54, 1.807) is 19.1 Å². The average molecular weight is 406 g/mol. The van der Waals surface area contributed by atoms with Crippen molar-refractivity contribution >= 4 is 22.7 Å². The molecular weight excluding hydrogens is 384 g/mol. The normalized spacial score (nSPS) is 16.4. The van der Waals surface area contributed by atoms with Crippen molar-refractivity contribution in [1.29, 1.82) is 5.26 Å². The van der Waals surface area contributed by atoms with Gasteiger partial charge in [-0.2, -0.15) is 10.4 Å². The quantitative estimate of drug-likeness (QED) is 0.614. The van der Waals surface area contributed by atoms with Crippen LogP contribution in [0.2, 0.25) is 0 Å². The molecule has 154 valence electrons. The van der Waals surface area contributed by atoms with Gasteiger partial charge in [-0.3, -0.25) is 5.10 Å². The Bertz CT molecular complexity index is 1120. The second-order valence-corrected chi connectivity index (χ2v) is 6.91. The van der Waals surface area contributed by atoms with Crippen molar-refractivity contribution in [2.24, 2.45) is 5.73 Å². The van der Waals surface area contributed by atoms with E-state index in [1.807, 2.05) is 12.1 Å². The molecule has 2 aromatic heterocycles. The Balaban J connectivity index is 1.94. The first-order valence-corrected chi connectivity index (χ1v) is 9.77. The molecule has 1 atom stereocenters. The third-order valence-electron chi connectivity index (χ3n) is 5.05. The van der Waals surface area contributed by atoms with Crippen LogP contribution in [0.4, 0.5) is 5.69 Å². The average Bonchev–Trinajstić information content (AvgIpc) is 3.23. The number of pyridine rings is 1. The summed E-state index contributed by atoms with van der Waals surface area (Å²) >= 11 is 0. The molecule has 3 N–H and O–H groups in total.